The van der Waals surface area contributed by atoms with Crippen LogP contribution in [-0.2, 0) is 10.0 Å². The van der Waals surface area contributed by atoms with Gasteiger partial charge in [0.2, 0.25) is 10.0 Å². The molecule has 2 N–H and O–H groups in total. The van der Waals surface area contributed by atoms with Crippen LogP contribution >= 0.6 is 0 Å². The highest BCUT2D eigenvalue weighted by Gasteiger charge is 2.31. The Labute approximate surface area is 122 Å². The predicted octanol–water partition coefficient (Wildman–Crippen LogP) is 2.23. The topological polar surface area (TPSA) is 58.2 Å². The van der Waals surface area contributed by atoms with Crippen LogP contribution in [-0.4, -0.2) is 27.0 Å². The SMILES string of the molecule is CC(C)c1ccc(S(=O)(=O)NC2(C)CCNCC2)cc1. The maximum absolute atomic E-state index is 12.5. The normalized spacial score (nSPS) is 19.2. The quantitative estimate of drug-likeness (QED) is 0.896. The van der Waals surface area contributed by atoms with E-state index in [-0.39, 0.29) is 5.54 Å². The van der Waals surface area contributed by atoms with Gasteiger partial charge < -0.3 is 5.32 Å². The molecule has 1 aliphatic heterocycles. The van der Waals surface area contributed by atoms with Crippen LogP contribution in [0.4, 0.5) is 0 Å². The Balaban J connectivity index is 2.17. The summed E-state index contributed by atoms with van der Waals surface area (Å²) in [5.74, 6) is 0.404. The van der Waals surface area contributed by atoms with E-state index in [0.29, 0.717) is 10.8 Å². The average molecular weight is 296 g/mol. The zero-order valence-corrected chi connectivity index (χ0v) is 13.3. The fourth-order valence-electron chi connectivity index (χ4n) is 2.50. The Bertz CT molecular complexity index is 544. The molecule has 0 spiro atoms. The summed E-state index contributed by atoms with van der Waals surface area (Å²) in [5, 5.41) is 3.25. The summed E-state index contributed by atoms with van der Waals surface area (Å²) in [6.07, 6.45) is 1.63. The number of piperidine rings is 1. The molecule has 0 aliphatic carbocycles. The molecule has 1 aromatic carbocycles. The van der Waals surface area contributed by atoms with E-state index in [1.54, 1.807) is 12.1 Å². The van der Waals surface area contributed by atoms with Gasteiger partial charge in [-0.15, -0.1) is 0 Å². The zero-order valence-electron chi connectivity index (χ0n) is 12.4. The minimum Gasteiger partial charge on any atom is -0.317 e. The number of rotatable bonds is 4. The van der Waals surface area contributed by atoms with Gasteiger partial charge in [0.15, 0.2) is 0 Å². The van der Waals surface area contributed by atoms with Crippen molar-refractivity contribution in [2.75, 3.05) is 13.1 Å². The van der Waals surface area contributed by atoms with Crippen molar-refractivity contribution in [2.45, 2.75) is 50.0 Å². The maximum Gasteiger partial charge on any atom is 0.241 e. The second kappa shape index (κ2) is 5.84. The number of hydrogen-bond donors (Lipinski definition) is 2. The molecule has 0 radical (unpaired) electrons. The van der Waals surface area contributed by atoms with Gasteiger partial charge in [0.05, 0.1) is 4.90 Å². The summed E-state index contributed by atoms with van der Waals surface area (Å²) in [6.45, 7) is 7.88. The van der Waals surface area contributed by atoms with Crippen molar-refractivity contribution in [1.29, 1.82) is 0 Å². The van der Waals surface area contributed by atoms with E-state index < -0.39 is 10.0 Å². The Morgan fingerprint density at radius 3 is 2.20 bits per heavy atom. The highest BCUT2D eigenvalue weighted by molar-refractivity contribution is 7.89. The standard InChI is InChI=1S/C15H24N2O2S/c1-12(2)13-4-6-14(7-5-13)20(18,19)17-15(3)8-10-16-11-9-15/h4-7,12,16-17H,8-11H2,1-3H3. The van der Waals surface area contributed by atoms with Gasteiger partial charge in [-0.25, -0.2) is 13.1 Å². The molecule has 5 heteroatoms. The van der Waals surface area contributed by atoms with E-state index in [4.69, 9.17) is 0 Å². The Kier molecular flexibility index (Phi) is 4.52. The lowest BCUT2D eigenvalue weighted by Gasteiger charge is -2.34. The lowest BCUT2D eigenvalue weighted by Crippen LogP contribution is -2.52. The van der Waals surface area contributed by atoms with Gasteiger partial charge in [-0.1, -0.05) is 26.0 Å². The molecular formula is C15H24N2O2S. The van der Waals surface area contributed by atoms with Crippen LogP contribution in [0, 0.1) is 0 Å². The summed E-state index contributed by atoms with van der Waals surface area (Å²) >= 11 is 0. The number of hydrogen-bond acceptors (Lipinski definition) is 3. The smallest absolute Gasteiger partial charge is 0.241 e. The van der Waals surface area contributed by atoms with Crippen molar-refractivity contribution in [1.82, 2.24) is 10.0 Å². The van der Waals surface area contributed by atoms with Crippen molar-refractivity contribution in [3.63, 3.8) is 0 Å². The highest BCUT2D eigenvalue weighted by Crippen LogP contribution is 2.22. The summed E-state index contributed by atoms with van der Waals surface area (Å²) in [6, 6.07) is 7.18. The fourth-order valence-corrected chi connectivity index (χ4v) is 3.96. The summed E-state index contributed by atoms with van der Waals surface area (Å²) in [7, 11) is -3.44. The van der Waals surface area contributed by atoms with Gasteiger partial charge in [0.1, 0.15) is 0 Å². The number of nitrogens with one attached hydrogen (secondary N) is 2. The van der Waals surface area contributed by atoms with E-state index in [2.05, 4.69) is 23.9 Å². The molecule has 1 saturated heterocycles. The summed E-state index contributed by atoms with van der Waals surface area (Å²) in [4.78, 5) is 0.349. The Hall–Kier alpha value is -0.910. The number of sulfonamides is 1. The molecule has 1 heterocycles. The van der Waals surface area contributed by atoms with Crippen LogP contribution in [0.25, 0.3) is 0 Å². The minimum atomic E-state index is -3.44. The summed E-state index contributed by atoms with van der Waals surface area (Å²) < 4.78 is 27.8. The van der Waals surface area contributed by atoms with Crippen LogP contribution < -0.4 is 10.0 Å². The molecule has 1 aromatic rings. The fraction of sp³-hybridized carbons (Fsp3) is 0.600. The first-order chi connectivity index (χ1) is 9.32. The van der Waals surface area contributed by atoms with Crippen molar-refractivity contribution in [3.05, 3.63) is 29.8 Å². The monoisotopic (exact) mass is 296 g/mol. The van der Waals surface area contributed by atoms with E-state index >= 15 is 0 Å². The largest absolute Gasteiger partial charge is 0.317 e. The van der Waals surface area contributed by atoms with Crippen LogP contribution in [0.15, 0.2) is 29.2 Å². The van der Waals surface area contributed by atoms with Gasteiger partial charge >= 0.3 is 0 Å². The molecule has 112 valence electrons. The molecule has 2 rings (SSSR count). The molecule has 0 bridgehead atoms. The third-order valence-corrected chi connectivity index (χ3v) is 5.60. The van der Waals surface area contributed by atoms with Crippen molar-refractivity contribution >= 4 is 10.0 Å². The van der Waals surface area contributed by atoms with E-state index in [0.717, 1.165) is 31.5 Å². The average Bonchev–Trinajstić information content (AvgIpc) is 2.38. The van der Waals surface area contributed by atoms with E-state index in [1.165, 1.54) is 0 Å². The minimum absolute atomic E-state index is 0.346. The van der Waals surface area contributed by atoms with Crippen LogP contribution in [0.2, 0.25) is 0 Å². The van der Waals surface area contributed by atoms with Crippen LogP contribution in [0.1, 0.15) is 45.1 Å². The van der Waals surface area contributed by atoms with Crippen LogP contribution in [0.3, 0.4) is 0 Å². The van der Waals surface area contributed by atoms with Gasteiger partial charge in [-0.2, -0.15) is 0 Å². The van der Waals surface area contributed by atoms with E-state index in [1.807, 2.05) is 19.1 Å². The first-order valence-electron chi connectivity index (χ1n) is 7.17. The first-order valence-corrected chi connectivity index (χ1v) is 8.65. The van der Waals surface area contributed by atoms with Gasteiger partial charge in [-0.3, -0.25) is 0 Å². The second-order valence-corrected chi connectivity index (χ2v) is 7.82. The second-order valence-electron chi connectivity index (χ2n) is 6.14. The van der Waals surface area contributed by atoms with Crippen molar-refractivity contribution in [3.8, 4) is 0 Å². The van der Waals surface area contributed by atoms with Crippen LogP contribution in [0.5, 0.6) is 0 Å². The first kappa shape index (κ1) is 15.5. The predicted molar refractivity (Wildman–Crippen MR) is 81.4 cm³/mol. The third kappa shape index (κ3) is 3.59. The maximum atomic E-state index is 12.5. The number of benzene rings is 1. The van der Waals surface area contributed by atoms with Gasteiger partial charge in [0.25, 0.3) is 0 Å². The van der Waals surface area contributed by atoms with Crippen molar-refractivity contribution in [2.24, 2.45) is 0 Å². The molecule has 1 fully saturated rings. The molecular weight excluding hydrogens is 272 g/mol. The lowest BCUT2D eigenvalue weighted by molar-refractivity contribution is 0.308. The van der Waals surface area contributed by atoms with Gasteiger partial charge in [-0.05, 0) is 56.5 Å². The molecule has 0 atom stereocenters. The molecule has 0 unspecified atom stereocenters. The third-order valence-electron chi connectivity index (χ3n) is 3.94. The Morgan fingerprint density at radius 1 is 1.15 bits per heavy atom. The Morgan fingerprint density at radius 2 is 1.70 bits per heavy atom. The molecule has 0 aromatic heterocycles. The zero-order chi connectivity index (χ0) is 14.8. The molecule has 20 heavy (non-hydrogen) atoms. The highest BCUT2D eigenvalue weighted by atomic mass is 32.2. The molecule has 1 aliphatic rings. The molecule has 0 amide bonds. The van der Waals surface area contributed by atoms with Gasteiger partial charge in [0, 0.05) is 5.54 Å². The van der Waals surface area contributed by atoms with E-state index in [9.17, 15) is 8.42 Å². The summed E-state index contributed by atoms with van der Waals surface area (Å²) in [5.41, 5.74) is 0.804. The lowest BCUT2D eigenvalue weighted by atomic mass is 9.92. The molecule has 4 nitrogen and oxygen atoms in total. The van der Waals surface area contributed by atoms with Crippen molar-refractivity contribution < 1.29 is 8.42 Å². The molecule has 0 saturated carbocycles.